The SMILES string of the molecule is CC(C)c1ncc(NC(=O)C(C)n2ccc(C(F)(F)F)n2)cn1. The molecule has 0 radical (unpaired) electrons. The van der Waals surface area contributed by atoms with Crippen molar-refractivity contribution >= 4 is 11.6 Å². The molecule has 2 rings (SSSR count). The van der Waals surface area contributed by atoms with Crippen LogP contribution in [0.15, 0.2) is 24.7 Å². The quantitative estimate of drug-likeness (QED) is 0.937. The van der Waals surface area contributed by atoms with Crippen LogP contribution in [0.4, 0.5) is 18.9 Å². The van der Waals surface area contributed by atoms with Crippen LogP contribution in [0.3, 0.4) is 0 Å². The first kappa shape index (κ1) is 16.9. The molecule has 0 spiro atoms. The van der Waals surface area contributed by atoms with Crippen molar-refractivity contribution in [1.29, 1.82) is 0 Å². The van der Waals surface area contributed by atoms with Gasteiger partial charge >= 0.3 is 6.18 Å². The second-order valence-corrected chi connectivity index (χ2v) is 5.33. The van der Waals surface area contributed by atoms with Gasteiger partial charge in [-0.25, -0.2) is 9.97 Å². The average Bonchev–Trinajstić information content (AvgIpc) is 2.96. The molecule has 1 amide bonds. The van der Waals surface area contributed by atoms with Gasteiger partial charge in [0.05, 0.1) is 18.1 Å². The number of rotatable bonds is 4. The van der Waals surface area contributed by atoms with Gasteiger partial charge in [-0.05, 0) is 13.0 Å². The average molecular weight is 327 g/mol. The number of aromatic nitrogens is 4. The molecule has 0 fully saturated rings. The molecule has 2 aromatic heterocycles. The highest BCUT2D eigenvalue weighted by Gasteiger charge is 2.34. The Balaban J connectivity index is 2.06. The lowest BCUT2D eigenvalue weighted by atomic mass is 10.2. The number of carbonyl (C=O) groups is 1. The summed E-state index contributed by atoms with van der Waals surface area (Å²) in [7, 11) is 0. The molecule has 0 aliphatic carbocycles. The zero-order valence-electron chi connectivity index (χ0n) is 12.8. The summed E-state index contributed by atoms with van der Waals surface area (Å²) >= 11 is 0. The molecule has 2 heterocycles. The number of nitrogens with zero attached hydrogens (tertiary/aromatic N) is 4. The summed E-state index contributed by atoms with van der Waals surface area (Å²) in [5.41, 5.74) is -0.670. The van der Waals surface area contributed by atoms with Crippen LogP contribution < -0.4 is 5.32 Å². The monoisotopic (exact) mass is 327 g/mol. The summed E-state index contributed by atoms with van der Waals surface area (Å²) in [5.74, 6) is 0.282. The van der Waals surface area contributed by atoms with Gasteiger partial charge in [-0.3, -0.25) is 9.48 Å². The van der Waals surface area contributed by atoms with E-state index in [-0.39, 0.29) is 5.92 Å². The molecule has 0 saturated carbocycles. The number of carbonyl (C=O) groups excluding carboxylic acids is 1. The van der Waals surface area contributed by atoms with Crippen LogP contribution in [0, 0.1) is 0 Å². The van der Waals surface area contributed by atoms with Gasteiger partial charge in [0.25, 0.3) is 0 Å². The topological polar surface area (TPSA) is 72.7 Å². The van der Waals surface area contributed by atoms with Crippen molar-refractivity contribution < 1.29 is 18.0 Å². The van der Waals surface area contributed by atoms with Crippen molar-refractivity contribution in [2.45, 2.75) is 38.9 Å². The maximum atomic E-state index is 12.5. The lowest BCUT2D eigenvalue weighted by molar-refractivity contribution is -0.141. The fraction of sp³-hybridized carbons (Fsp3) is 0.429. The fourth-order valence-corrected chi connectivity index (χ4v) is 1.77. The first-order valence-electron chi connectivity index (χ1n) is 6.93. The molecule has 0 bridgehead atoms. The van der Waals surface area contributed by atoms with E-state index in [9.17, 15) is 18.0 Å². The van der Waals surface area contributed by atoms with E-state index in [1.807, 2.05) is 13.8 Å². The van der Waals surface area contributed by atoms with E-state index in [0.29, 0.717) is 11.5 Å². The summed E-state index contributed by atoms with van der Waals surface area (Å²) in [6.45, 7) is 5.32. The van der Waals surface area contributed by atoms with Crippen LogP contribution in [-0.4, -0.2) is 25.7 Å². The Morgan fingerprint density at radius 2 is 1.83 bits per heavy atom. The molecule has 124 valence electrons. The van der Waals surface area contributed by atoms with E-state index < -0.39 is 23.8 Å². The number of alkyl halides is 3. The van der Waals surface area contributed by atoms with Gasteiger partial charge in [0, 0.05) is 12.1 Å². The molecule has 1 atom stereocenters. The fourth-order valence-electron chi connectivity index (χ4n) is 1.77. The lowest BCUT2D eigenvalue weighted by Gasteiger charge is -2.13. The Labute approximate surface area is 130 Å². The molecular weight excluding hydrogens is 311 g/mol. The largest absolute Gasteiger partial charge is 0.435 e. The van der Waals surface area contributed by atoms with Gasteiger partial charge in [-0.2, -0.15) is 18.3 Å². The highest BCUT2D eigenvalue weighted by molar-refractivity contribution is 5.93. The van der Waals surface area contributed by atoms with Crippen LogP contribution in [0.25, 0.3) is 0 Å². The van der Waals surface area contributed by atoms with Crippen LogP contribution >= 0.6 is 0 Å². The Morgan fingerprint density at radius 1 is 1.22 bits per heavy atom. The number of hydrogen-bond donors (Lipinski definition) is 1. The highest BCUT2D eigenvalue weighted by Crippen LogP contribution is 2.28. The number of nitrogens with one attached hydrogen (secondary N) is 1. The predicted octanol–water partition coefficient (Wildman–Crippen LogP) is 3.02. The van der Waals surface area contributed by atoms with Crippen molar-refractivity contribution in [3.63, 3.8) is 0 Å². The smallest absolute Gasteiger partial charge is 0.322 e. The maximum Gasteiger partial charge on any atom is 0.435 e. The number of halogens is 3. The first-order valence-corrected chi connectivity index (χ1v) is 6.93. The van der Waals surface area contributed by atoms with Crippen molar-refractivity contribution in [1.82, 2.24) is 19.7 Å². The molecule has 2 aromatic rings. The molecule has 0 aliphatic rings. The van der Waals surface area contributed by atoms with Gasteiger partial charge in [0.2, 0.25) is 5.91 Å². The van der Waals surface area contributed by atoms with Crippen molar-refractivity contribution in [3.8, 4) is 0 Å². The molecule has 23 heavy (non-hydrogen) atoms. The third-order valence-corrected chi connectivity index (χ3v) is 3.13. The van der Waals surface area contributed by atoms with Crippen LogP contribution in [0.2, 0.25) is 0 Å². The molecule has 6 nitrogen and oxygen atoms in total. The third-order valence-electron chi connectivity index (χ3n) is 3.13. The zero-order valence-corrected chi connectivity index (χ0v) is 12.8. The standard InChI is InChI=1S/C14H16F3N5O/c1-8(2)12-18-6-10(7-19-12)20-13(23)9(3)22-5-4-11(21-22)14(15,16)17/h4-9H,1-3H3,(H,20,23). The minimum atomic E-state index is -4.54. The minimum Gasteiger partial charge on any atom is -0.322 e. The van der Waals surface area contributed by atoms with E-state index in [1.54, 1.807) is 0 Å². The Morgan fingerprint density at radius 3 is 2.30 bits per heavy atom. The number of anilines is 1. The molecule has 0 saturated heterocycles. The summed E-state index contributed by atoms with van der Waals surface area (Å²) < 4.78 is 38.5. The Bertz CT molecular complexity index is 678. The lowest BCUT2D eigenvalue weighted by Crippen LogP contribution is -2.24. The first-order chi connectivity index (χ1) is 10.7. The summed E-state index contributed by atoms with van der Waals surface area (Å²) in [6.07, 6.45) is -0.512. The molecule has 0 aromatic carbocycles. The minimum absolute atomic E-state index is 0.156. The van der Waals surface area contributed by atoms with Gasteiger partial charge in [0.1, 0.15) is 11.9 Å². The number of amides is 1. The Hall–Kier alpha value is -2.45. The second-order valence-electron chi connectivity index (χ2n) is 5.33. The molecule has 0 aliphatic heterocycles. The van der Waals surface area contributed by atoms with Crippen LogP contribution in [0.1, 0.15) is 44.2 Å². The van der Waals surface area contributed by atoms with Crippen molar-refractivity contribution in [2.75, 3.05) is 5.32 Å². The molecule has 9 heteroatoms. The number of hydrogen-bond acceptors (Lipinski definition) is 4. The van der Waals surface area contributed by atoms with E-state index in [0.717, 1.165) is 16.9 Å². The van der Waals surface area contributed by atoms with Gasteiger partial charge in [-0.15, -0.1) is 0 Å². The summed E-state index contributed by atoms with van der Waals surface area (Å²) in [5, 5.41) is 5.93. The van der Waals surface area contributed by atoms with Gasteiger partial charge in [-0.1, -0.05) is 13.8 Å². The molecular formula is C14H16F3N5O. The summed E-state index contributed by atoms with van der Waals surface area (Å²) in [6, 6.07) is -0.0829. The van der Waals surface area contributed by atoms with Gasteiger partial charge < -0.3 is 5.32 Å². The van der Waals surface area contributed by atoms with E-state index in [4.69, 9.17) is 0 Å². The maximum absolute atomic E-state index is 12.5. The van der Waals surface area contributed by atoms with E-state index in [1.165, 1.54) is 19.3 Å². The van der Waals surface area contributed by atoms with E-state index >= 15 is 0 Å². The molecule has 1 unspecified atom stereocenters. The normalized spacial score (nSPS) is 13.2. The predicted molar refractivity (Wildman–Crippen MR) is 76.7 cm³/mol. The van der Waals surface area contributed by atoms with Gasteiger partial charge in [0.15, 0.2) is 5.69 Å². The zero-order chi connectivity index (χ0) is 17.2. The van der Waals surface area contributed by atoms with Crippen molar-refractivity contribution in [3.05, 3.63) is 36.2 Å². The van der Waals surface area contributed by atoms with Crippen molar-refractivity contribution in [2.24, 2.45) is 0 Å². The highest BCUT2D eigenvalue weighted by atomic mass is 19.4. The second kappa shape index (κ2) is 6.35. The summed E-state index contributed by atoms with van der Waals surface area (Å²) in [4.78, 5) is 20.3. The van der Waals surface area contributed by atoms with Crippen LogP contribution in [-0.2, 0) is 11.0 Å². The third kappa shape index (κ3) is 4.05. The van der Waals surface area contributed by atoms with Crippen LogP contribution in [0.5, 0.6) is 0 Å². The Kier molecular flexibility index (Phi) is 4.67. The molecule has 1 N–H and O–H groups in total. The van der Waals surface area contributed by atoms with E-state index in [2.05, 4.69) is 20.4 Å².